The van der Waals surface area contributed by atoms with Crippen LogP contribution in [0.4, 0.5) is 0 Å². The van der Waals surface area contributed by atoms with Crippen molar-refractivity contribution in [1.29, 1.82) is 0 Å². The molecule has 0 aliphatic heterocycles. The molecule has 0 aromatic carbocycles. The van der Waals surface area contributed by atoms with Crippen LogP contribution in [0.3, 0.4) is 0 Å². The Balaban J connectivity index is 3.57. The van der Waals surface area contributed by atoms with Crippen LogP contribution in [0.5, 0.6) is 0 Å². The Morgan fingerprint density at radius 3 is 2.20 bits per heavy atom. The smallest absolute Gasteiger partial charge is 0.308 e. The van der Waals surface area contributed by atoms with Crippen molar-refractivity contribution in [3.63, 3.8) is 0 Å². The average molecular weight is 144 g/mol. The first-order valence-corrected chi connectivity index (χ1v) is 3.78. The number of ether oxygens (including phenoxy) is 1. The summed E-state index contributed by atoms with van der Waals surface area (Å²) in [6.45, 7) is 7.58. The van der Waals surface area contributed by atoms with E-state index in [1.54, 1.807) is 0 Å². The third kappa shape index (κ3) is 3.49. The SMILES string of the molecule is CC[C@@H](C)OC(=O)C(C)C. The zero-order valence-corrected chi connectivity index (χ0v) is 7.18. The molecule has 0 aliphatic carbocycles. The molecule has 2 heteroatoms. The summed E-state index contributed by atoms with van der Waals surface area (Å²) in [6.07, 6.45) is 0.952. The van der Waals surface area contributed by atoms with Crippen LogP contribution in [0.2, 0.25) is 0 Å². The van der Waals surface area contributed by atoms with Crippen molar-refractivity contribution in [2.24, 2.45) is 5.92 Å². The molecule has 10 heavy (non-hydrogen) atoms. The molecule has 1 atom stereocenters. The van der Waals surface area contributed by atoms with E-state index >= 15 is 0 Å². The Bertz CT molecular complexity index is 108. The Morgan fingerprint density at radius 1 is 1.40 bits per heavy atom. The maximum Gasteiger partial charge on any atom is 0.308 e. The third-order valence-corrected chi connectivity index (χ3v) is 1.36. The Morgan fingerprint density at radius 2 is 1.90 bits per heavy atom. The van der Waals surface area contributed by atoms with Gasteiger partial charge in [0.05, 0.1) is 12.0 Å². The molecule has 2 nitrogen and oxygen atoms in total. The first-order chi connectivity index (χ1) is 4.57. The molecule has 0 fully saturated rings. The fourth-order valence-electron chi connectivity index (χ4n) is 0.418. The summed E-state index contributed by atoms with van der Waals surface area (Å²) >= 11 is 0. The number of carbonyl (C=O) groups excluding carboxylic acids is 1. The summed E-state index contributed by atoms with van der Waals surface area (Å²) in [7, 11) is 0. The second-order valence-electron chi connectivity index (χ2n) is 2.81. The lowest BCUT2D eigenvalue weighted by Crippen LogP contribution is -2.18. The molecular weight excluding hydrogens is 128 g/mol. The maximum absolute atomic E-state index is 10.9. The molecule has 0 aromatic rings. The van der Waals surface area contributed by atoms with E-state index in [4.69, 9.17) is 4.74 Å². The second-order valence-corrected chi connectivity index (χ2v) is 2.81. The highest BCUT2D eigenvalue weighted by Crippen LogP contribution is 2.02. The van der Waals surface area contributed by atoms with Crippen molar-refractivity contribution in [2.45, 2.75) is 40.2 Å². The number of esters is 1. The monoisotopic (exact) mass is 144 g/mol. The summed E-state index contributed by atoms with van der Waals surface area (Å²) in [6, 6.07) is 0. The quantitative estimate of drug-likeness (QED) is 0.566. The molecule has 0 radical (unpaired) electrons. The minimum absolute atomic E-state index is 0.00556. The van der Waals surface area contributed by atoms with Crippen LogP contribution in [-0.2, 0) is 9.53 Å². The van der Waals surface area contributed by atoms with Gasteiger partial charge < -0.3 is 4.74 Å². The minimum atomic E-state index is -0.102. The number of hydrogen-bond acceptors (Lipinski definition) is 2. The fraction of sp³-hybridized carbons (Fsp3) is 0.875. The van der Waals surface area contributed by atoms with E-state index in [2.05, 4.69) is 0 Å². The van der Waals surface area contributed by atoms with Crippen LogP contribution < -0.4 is 0 Å². The topological polar surface area (TPSA) is 26.3 Å². The van der Waals surface area contributed by atoms with Crippen LogP contribution in [0.1, 0.15) is 34.1 Å². The maximum atomic E-state index is 10.9. The van der Waals surface area contributed by atoms with Gasteiger partial charge >= 0.3 is 5.97 Å². The molecule has 0 aliphatic rings. The Hall–Kier alpha value is -0.530. The summed E-state index contributed by atoms with van der Waals surface area (Å²) in [4.78, 5) is 10.9. The highest BCUT2D eigenvalue weighted by molar-refractivity contribution is 5.71. The standard InChI is InChI=1S/C8H16O2/c1-5-7(4)10-8(9)6(2)3/h6-7H,5H2,1-4H3/t7-/m1/s1. The van der Waals surface area contributed by atoms with Crippen LogP contribution in [0.15, 0.2) is 0 Å². The van der Waals surface area contributed by atoms with E-state index in [9.17, 15) is 4.79 Å². The lowest BCUT2D eigenvalue weighted by Gasteiger charge is -2.11. The van der Waals surface area contributed by atoms with Crippen molar-refractivity contribution >= 4 is 5.97 Å². The van der Waals surface area contributed by atoms with Crippen LogP contribution in [0, 0.1) is 5.92 Å². The highest BCUT2D eigenvalue weighted by atomic mass is 16.5. The summed E-state index contributed by atoms with van der Waals surface area (Å²) < 4.78 is 5.02. The van der Waals surface area contributed by atoms with Gasteiger partial charge in [0.25, 0.3) is 0 Å². The van der Waals surface area contributed by atoms with Gasteiger partial charge in [0.15, 0.2) is 0 Å². The van der Waals surface area contributed by atoms with E-state index in [-0.39, 0.29) is 18.0 Å². The largest absolute Gasteiger partial charge is 0.462 e. The second kappa shape index (κ2) is 4.31. The van der Waals surface area contributed by atoms with Gasteiger partial charge in [-0.3, -0.25) is 4.79 Å². The lowest BCUT2D eigenvalue weighted by atomic mass is 10.2. The van der Waals surface area contributed by atoms with Crippen molar-refractivity contribution in [3.8, 4) is 0 Å². The summed E-state index contributed by atoms with van der Waals surface area (Å²) in [5, 5.41) is 0. The molecule has 0 saturated heterocycles. The molecule has 0 spiro atoms. The van der Waals surface area contributed by atoms with Gasteiger partial charge in [0.1, 0.15) is 0 Å². The normalized spacial score (nSPS) is 13.3. The van der Waals surface area contributed by atoms with E-state index in [1.165, 1.54) is 0 Å². The van der Waals surface area contributed by atoms with Gasteiger partial charge in [0, 0.05) is 0 Å². The lowest BCUT2D eigenvalue weighted by molar-refractivity contribution is -0.152. The van der Waals surface area contributed by atoms with E-state index < -0.39 is 0 Å². The molecule has 0 heterocycles. The van der Waals surface area contributed by atoms with Crippen LogP contribution in [-0.4, -0.2) is 12.1 Å². The fourth-order valence-corrected chi connectivity index (χ4v) is 0.418. The van der Waals surface area contributed by atoms with Crippen molar-refractivity contribution < 1.29 is 9.53 Å². The molecule has 0 bridgehead atoms. The van der Waals surface area contributed by atoms with Gasteiger partial charge in [-0.15, -0.1) is 0 Å². The Kier molecular flexibility index (Phi) is 4.08. The van der Waals surface area contributed by atoms with Crippen molar-refractivity contribution in [2.75, 3.05) is 0 Å². The summed E-state index contributed by atoms with van der Waals surface area (Å²) in [5.41, 5.74) is 0. The van der Waals surface area contributed by atoms with Gasteiger partial charge in [0.2, 0.25) is 0 Å². The molecule has 0 saturated carbocycles. The molecule has 0 rings (SSSR count). The molecule has 0 amide bonds. The summed E-state index contributed by atoms with van der Waals surface area (Å²) in [5.74, 6) is -0.108. The number of rotatable bonds is 3. The predicted octanol–water partition coefficient (Wildman–Crippen LogP) is 1.98. The molecule has 0 aromatic heterocycles. The van der Waals surface area contributed by atoms with Crippen molar-refractivity contribution in [1.82, 2.24) is 0 Å². The number of hydrogen-bond donors (Lipinski definition) is 0. The predicted molar refractivity (Wildman–Crippen MR) is 40.7 cm³/mol. The third-order valence-electron chi connectivity index (χ3n) is 1.36. The van der Waals surface area contributed by atoms with Gasteiger partial charge in [-0.1, -0.05) is 20.8 Å². The van der Waals surface area contributed by atoms with Crippen molar-refractivity contribution in [3.05, 3.63) is 0 Å². The number of carbonyl (C=O) groups is 1. The zero-order valence-electron chi connectivity index (χ0n) is 7.18. The highest BCUT2D eigenvalue weighted by Gasteiger charge is 2.10. The molecule has 0 unspecified atom stereocenters. The minimum Gasteiger partial charge on any atom is -0.462 e. The van der Waals surface area contributed by atoms with Crippen LogP contribution in [0.25, 0.3) is 0 Å². The average Bonchev–Trinajstić information content (AvgIpc) is 1.87. The molecule has 60 valence electrons. The van der Waals surface area contributed by atoms with E-state index in [0.717, 1.165) is 6.42 Å². The van der Waals surface area contributed by atoms with Gasteiger partial charge in [-0.05, 0) is 13.3 Å². The van der Waals surface area contributed by atoms with Gasteiger partial charge in [-0.25, -0.2) is 0 Å². The van der Waals surface area contributed by atoms with Crippen LogP contribution >= 0.6 is 0 Å². The Labute approximate surface area is 62.6 Å². The first kappa shape index (κ1) is 9.47. The zero-order chi connectivity index (χ0) is 8.15. The molecule has 0 N–H and O–H groups in total. The van der Waals surface area contributed by atoms with Gasteiger partial charge in [-0.2, -0.15) is 0 Å². The first-order valence-electron chi connectivity index (χ1n) is 3.78. The molecular formula is C8H16O2. The van der Waals surface area contributed by atoms with E-state index in [0.29, 0.717) is 0 Å². The van der Waals surface area contributed by atoms with E-state index in [1.807, 2.05) is 27.7 Å².